The minimum Gasteiger partial charge on any atom is -0.445 e. The number of nitro groups is 1. The van der Waals surface area contributed by atoms with Crippen LogP contribution in [0.4, 0.5) is 19.3 Å². The van der Waals surface area contributed by atoms with E-state index in [9.17, 15) is 23.7 Å². The Balaban J connectivity index is 1.78. The molecule has 1 amide bonds. The SMILES string of the molecule is O=C(NCCC=Cc1cc([N+](=O)[O-])c(F)cc1F)OCc1ccccc1. The molecule has 136 valence electrons. The first-order chi connectivity index (χ1) is 12.5. The van der Waals surface area contributed by atoms with Gasteiger partial charge in [-0.25, -0.2) is 9.18 Å². The molecule has 26 heavy (non-hydrogen) atoms. The van der Waals surface area contributed by atoms with Gasteiger partial charge in [0.1, 0.15) is 12.4 Å². The molecular weight excluding hydrogens is 346 g/mol. The van der Waals surface area contributed by atoms with Crippen LogP contribution >= 0.6 is 0 Å². The predicted molar refractivity (Wildman–Crippen MR) is 91.3 cm³/mol. The Bertz CT molecular complexity index is 810. The lowest BCUT2D eigenvalue weighted by molar-refractivity contribution is -0.387. The summed E-state index contributed by atoms with van der Waals surface area (Å²) in [6, 6.07) is 10.5. The molecule has 0 fully saturated rings. The highest BCUT2D eigenvalue weighted by atomic mass is 19.1. The molecule has 2 rings (SSSR count). The Morgan fingerprint density at radius 2 is 1.92 bits per heavy atom. The fourth-order valence-electron chi connectivity index (χ4n) is 2.06. The topological polar surface area (TPSA) is 81.5 Å². The number of carbonyl (C=O) groups is 1. The number of hydrogen-bond acceptors (Lipinski definition) is 4. The second-order valence-electron chi connectivity index (χ2n) is 5.26. The second kappa shape index (κ2) is 9.26. The van der Waals surface area contributed by atoms with Crippen LogP contribution in [0.2, 0.25) is 0 Å². The molecule has 8 heteroatoms. The van der Waals surface area contributed by atoms with Crippen molar-refractivity contribution in [1.29, 1.82) is 0 Å². The molecule has 0 saturated heterocycles. The van der Waals surface area contributed by atoms with Crippen molar-refractivity contribution in [3.8, 4) is 0 Å². The van der Waals surface area contributed by atoms with Crippen molar-refractivity contribution in [3.63, 3.8) is 0 Å². The molecule has 0 saturated carbocycles. The first-order valence-electron chi connectivity index (χ1n) is 7.72. The van der Waals surface area contributed by atoms with Gasteiger partial charge < -0.3 is 10.1 Å². The summed E-state index contributed by atoms with van der Waals surface area (Å²) in [5.41, 5.74) is -0.0469. The number of nitro benzene ring substituents is 1. The zero-order valence-corrected chi connectivity index (χ0v) is 13.7. The summed E-state index contributed by atoms with van der Waals surface area (Å²) in [5, 5.41) is 13.2. The summed E-state index contributed by atoms with van der Waals surface area (Å²) in [5.74, 6) is -2.13. The Hall–Kier alpha value is -3.29. The van der Waals surface area contributed by atoms with E-state index in [1.54, 1.807) is 0 Å². The highest BCUT2D eigenvalue weighted by Crippen LogP contribution is 2.22. The van der Waals surface area contributed by atoms with Gasteiger partial charge in [-0.3, -0.25) is 10.1 Å². The summed E-state index contributed by atoms with van der Waals surface area (Å²) in [6.07, 6.45) is 2.55. The molecule has 2 aromatic rings. The Morgan fingerprint density at radius 3 is 2.62 bits per heavy atom. The van der Waals surface area contributed by atoms with E-state index in [-0.39, 0.29) is 18.7 Å². The third-order valence-electron chi connectivity index (χ3n) is 3.35. The van der Waals surface area contributed by atoms with Crippen molar-refractivity contribution in [2.45, 2.75) is 13.0 Å². The van der Waals surface area contributed by atoms with Gasteiger partial charge in [0, 0.05) is 24.2 Å². The number of nitrogens with zero attached hydrogens (tertiary/aromatic N) is 1. The quantitative estimate of drug-likeness (QED) is 0.455. The van der Waals surface area contributed by atoms with Crippen molar-refractivity contribution in [1.82, 2.24) is 5.32 Å². The number of nitrogens with one attached hydrogen (secondary N) is 1. The molecule has 0 aliphatic heterocycles. The van der Waals surface area contributed by atoms with Crippen LogP contribution in [-0.2, 0) is 11.3 Å². The number of carbonyl (C=O) groups excluding carboxylic acids is 1. The Kier molecular flexibility index (Phi) is 6.78. The maximum Gasteiger partial charge on any atom is 0.407 e. The summed E-state index contributed by atoms with van der Waals surface area (Å²) in [6.45, 7) is 0.377. The number of rotatable bonds is 7. The van der Waals surface area contributed by atoms with Gasteiger partial charge in [-0.2, -0.15) is 4.39 Å². The van der Waals surface area contributed by atoms with Crippen molar-refractivity contribution < 1.29 is 23.2 Å². The number of alkyl carbamates (subject to hydrolysis) is 1. The maximum absolute atomic E-state index is 13.6. The lowest BCUT2D eigenvalue weighted by Crippen LogP contribution is -2.24. The zero-order valence-electron chi connectivity index (χ0n) is 13.7. The fourth-order valence-corrected chi connectivity index (χ4v) is 2.06. The van der Waals surface area contributed by atoms with Crippen LogP contribution < -0.4 is 5.32 Å². The Morgan fingerprint density at radius 1 is 1.19 bits per heavy atom. The zero-order chi connectivity index (χ0) is 18.9. The standard InChI is InChI=1S/C18H16F2N2O4/c19-15-11-16(20)17(22(24)25)10-14(15)8-4-5-9-21-18(23)26-12-13-6-2-1-3-7-13/h1-4,6-8,10-11H,5,9,12H2,(H,21,23). The first-order valence-corrected chi connectivity index (χ1v) is 7.72. The summed E-state index contributed by atoms with van der Waals surface area (Å²) < 4.78 is 31.8. The Labute approximate surface area is 148 Å². The smallest absolute Gasteiger partial charge is 0.407 e. The molecule has 1 N–H and O–H groups in total. The van der Waals surface area contributed by atoms with E-state index in [1.807, 2.05) is 30.3 Å². The van der Waals surface area contributed by atoms with Gasteiger partial charge in [-0.05, 0) is 12.0 Å². The molecule has 6 nitrogen and oxygen atoms in total. The van der Waals surface area contributed by atoms with E-state index in [4.69, 9.17) is 4.74 Å². The lowest BCUT2D eigenvalue weighted by Gasteiger charge is -2.06. The summed E-state index contributed by atoms with van der Waals surface area (Å²) in [7, 11) is 0. The third-order valence-corrected chi connectivity index (χ3v) is 3.35. The average Bonchev–Trinajstić information content (AvgIpc) is 2.61. The molecule has 0 heterocycles. The number of ether oxygens (including phenoxy) is 1. The molecule has 0 aliphatic rings. The first kappa shape index (κ1) is 19.0. The number of halogens is 2. The van der Waals surface area contributed by atoms with Gasteiger partial charge in [-0.15, -0.1) is 0 Å². The fraction of sp³-hybridized carbons (Fsp3) is 0.167. The van der Waals surface area contributed by atoms with Crippen molar-refractivity contribution in [2.24, 2.45) is 0 Å². The molecule has 0 aromatic heterocycles. The monoisotopic (exact) mass is 362 g/mol. The summed E-state index contributed by atoms with van der Waals surface area (Å²) >= 11 is 0. The van der Waals surface area contributed by atoms with E-state index < -0.39 is 28.3 Å². The number of amides is 1. The second-order valence-corrected chi connectivity index (χ2v) is 5.26. The summed E-state index contributed by atoms with van der Waals surface area (Å²) in [4.78, 5) is 21.3. The average molecular weight is 362 g/mol. The molecule has 0 spiro atoms. The van der Waals surface area contributed by atoms with Crippen LogP contribution in [0.15, 0.2) is 48.5 Å². The molecule has 0 radical (unpaired) electrons. The maximum atomic E-state index is 13.6. The molecule has 0 aliphatic carbocycles. The largest absolute Gasteiger partial charge is 0.445 e. The highest BCUT2D eigenvalue weighted by molar-refractivity contribution is 5.67. The van der Waals surface area contributed by atoms with Gasteiger partial charge in [-0.1, -0.05) is 42.5 Å². The highest BCUT2D eigenvalue weighted by Gasteiger charge is 2.17. The van der Waals surface area contributed by atoms with Crippen LogP contribution in [-0.4, -0.2) is 17.6 Å². The van der Waals surface area contributed by atoms with Gasteiger partial charge in [0.25, 0.3) is 0 Å². The minimum absolute atomic E-state index is 0.107. The van der Waals surface area contributed by atoms with Crippen molar-refractivity contribution >= 4 is 17.9 Å². The minimum atomic E-state index is -1.23. The van der Waals surface area contributed by atoms with Crippen LogP contribution in [0.3, 0.4) is 0 Å². The van der Waals surface area contributed by atoms with E-state index in [0.717, 1.165) is 11.6 Å². The van der Waals surface area contributed by atoms with E-state index in [1.165, 1.54) is 12.2 Å². The van der Waals surface area contributed by atoms with Crippen LogP contribution in [0.5, 0.6) is 0 Å². The predicted octanol–water partition coefficient (Wildman–Crippen LogP) is 4.20. The molecule has 0 bridgehead atoms. The molecular formula is C18H16F2N2O4. The van der Waals surface area contributed by atoms with Crippen molar-refractivity contribution in [3.05, 3.63) is 81.4 Å². The van der Waals surface area contributed by atoms with Crippen LogP contribution in [0, 0.1) is 21.7 Å². The molecule has 0 atom stereocenters. The van der Waals surface area contributed by atoms with Crippen LogP contribution in [0.1, 0.15) is 17.5 Å². The lowest BCUT2D eigenvalue weighted by atomic mass is 10.1. The number of hydrogen-bond donors (Lipinski definition) is 1. The van der Waals surface area contributed by atoms with Gasteiger partial charge >= 0.3 is 11.8 Å². The molecule has 2 aromatic carbocycles. The van der Waals surface area contributed by atoms with E-state index >= 15 is 0 Å². The van der Waals surface area contributed by atoms with Gasteiger partial charge in [0.15, 0.2) is 0 Å². The molecule has 0 unspecified atom stereocenters. The third kappa shape index (κ3) is 5.66. The van der Waals surface area contributed by atoms with Gasteiger partial charge in [0.05, 0.1) is 4.92 Å². The van der Waals surface area contributed by atoms with Crippen LogP contribution in [0.25, 0.3) is 6.08 Å². The van der Waals surface area contributed by atoms with Crippen molar-refractivity contribution in [2.75, 3.05) is 6.54 Å². The normalized spacial score (nSPS) is 10.7. The van der Waals surface area contributed by atoms with E-state index in [2.05, 4.69) is 5.32 Å². The number of benzene rings is 2. The van der Waals surface area contributed by atoms with Gasteiger partial charge in [0.2, 0.25) is 5.82 Å². The van der Waals surface area contributed by atoms with E-state index in [0.29, 0.717) is 12.5 Å².